The topological polar surface area (TPSA) is 133 Å². The predicted molar refractivity (Wildman–Crippen MR) is 120 cm³/mol. The summed E-state index contributed by atoms with van der Waals surface area (Å²) in [6, 6.07) is 13.7. The summed E-state index contributed by atoms with van der Waals surface area (Å²) >= 11 is 1.22. The Kier molecular flexibility index (Phi) is 7.42. The Morgan fingerprint density at radius 1 is 1.16 bits per heavy atom. The maximum absolute atomic E-state index is 12.6. The summed E-state index contributed by atoms with van der Waals surface area (Å²) in [5.41, 5.74) is 2.54. The van der Waals surface area contributed by atoms with E-state index in [0.717, 1.165) is 24.9 Å². The van der Waals surface area contributed by atoms with Crippen molar-refractivity contribution in [1.29, 1.82) is 0 Å². The van der Waals surface area contributed by atoms with Crippen LogP contribution in [0, 0.1) is 0 Å². The predicted octanol–water partition coefficient (Wildman–Crippen LogP) is 2.77. The Morgan fingerprint density at radius 3 is 2.45 bits per heavy atom. The number of tetrazole rings is 1. The van der Waals surface area contributed by atoms with Crippen molar-refractivity contribution in [2.45, 2.75) is 48.4 Å². The van der Waals surface area contributed by atoms with Crippen molar-refractivity contribution >= 4 is 33.4 Å². The van der Waals surface area contributed by atoms with Crippen molar-refractivity contribution < 1.29 is 13.2 Å². The summed E-state index contributed by atoms with van der Waals surface area (Å²) in [5.74, 6) is -0.266. The Balaban J connectivity index is 1.65. The summed E-state index contributed by atoms with van der Waals surface area (Å²) in [7, 11) is -3.78. The lowest BCUT2D eigenvalue weighted by atomic mass is 10.1. The minimum atomic E-state index is -3.78. The molecule has 1 unspecified atom stereocenters. The van der Waals surface area contributed by atoms with Crippen molar-refractivity contribution in [2.75, 3.05) is 5.32 Å². The maximum atomic E-state index is 12.6. The van der Waals surface area contributed by atoms with Gasteiger partial charge in [-0.25, -0.2) is 13.6 Å². The fourth-order valence-corrected chi connectivity index (χ4v) is 4.11. The zero-order valence-corrected chi connectivity index (χ0v) is 18.9. The number of carbonyl (C=O) groups is 1. The summed E-state index contributed by atoms with van der Waals surface area (Å²) < 4.78 is 24.3. The quantitative estimate of drug-likeness (QED) is 0.469. The van der Waals surface area contributed by atoms with Crippen LogP contribution < -0.4 is 10.5 Å². The van der Waals surface area contributed by atoms with Crippen LogP contribution in [-0.2, 0) is 21.2 Å². The van der Waals surface area contributed by atoms with Crippen LogP contribution in [0.4, 0.5) is 5.69 Å². The first-order chi connectivity index (χ1) is 14.8. The van der Waals surface area contributed by atoms with E-state index in [2.05, 4.69) is 39.9 Å². The molecule has 3 rings (SSSR count). The average Bonchev–Trinajstić information content (AvgIpc) is 3.20. The summed E-state index contributed by atoms with van der Waals surface area (Å²) in [4.78, 5) is 12.5. The number of nitrogens with two attached hydrogens (primary N) is 1. The number of nitrogens with one attached hydrogen (secondary N) is 1. The zero-order valence-electron chi connectivity index (χ0n) is 17.2. The number of amides is 1. The summed E-state index contributed by atoms with van der Waals surface area (Å²) in [6.07, 6.45) is 3.32. The monoisotopic (exact) mass is 460 g/mol. The van der Waals surface area contributed by atoms with Gasteiger partial charge in [-0.2, -0.15) is 4.68 Å². The van der Waals surface area contributed by atoms with E-state index in [-0.39, 0.29) is 10.8 Å². The molecule has 3 aromatic rings. The first kappa shape index (κ1) is 22.9. The second-order valence-electron chi connectivity index (χ2n) is 6.96. The van der Waals surface area contributed by atoms with E-state index < -0.39 is 15.3 Å². The molecular formula is C20H24N6O3S2. The molecule has 1 heterocycles. The van der Waals surface area contributed by atoms with Crippen molar-refractivity contribution in [1.82, 2.24) is 20.2 Å². The minimum Gasteiger partial charge on any atom is -0.325 e. The van der Waals surface area contributed by atoms with Crippen LogP contribution in [0.15, 0.2) is 58.6 Å². The zero-order chi connectivity index (χ0) is 22.4. The lowest BCUT2D eigenvalue weighted by Gasteiger charge is -2.12. The lowest BCUT2D eigenvalue weighted by molar-refractivity contribution is -0.115. The Bertz CT molecular complexity index is 1130. The van der Waals surface area contributed by atoms with Crippen molar-refractivity contribution in [3.8, 4) is 5.69 Å². The van der Waals surface area contributed by atoms with Gasteiger partial charge in [0.25, 0.3) is 0 Å². The number of anilines is 1. The third-order valence-corrected chi connectivity index (χ3v) is 6.50. The highest BCUT2D eigenvalue weighted by Gasteiger charge is 2.19. The molecule has 0 aliphatic carbocycles. The number of aryl methyl sites for hydroxylation is 1. The second kappa shape index (κ2) is 10.0. The Hall–Kier alpha value is -2.76. The van der Waals surface area contributed by atoms with Crippen LogP contribution in [0.25, 0.3) is 5.69 Å². The van der Waals surface area contributed by atoms with Gasteiger partial charge in [0.2, 0.25) is 21.1 Å². The van der Waals surface area contributed by atoms with Gasteiger partial charge >= 0.3 is 0 Å². The molecule has 3 N–H and O–H groups in total. The lowest BCUT2D eigenvalue weighted by Crippen LogP contribution is -2.23. The average molecular weight is 461 g/mol. The number of aromatic nitrogens is 4. The van der Waals surface area contributed by atoms with E-state index in [1.807, 2.05) is 12.1 Å². The van der Waals surface area contributed by atoms with Crippen LogP contribution >= 0.6 is 11.8 Å². The van der Waals surface area contributed by atoms with Gasteiger partial charge in [0.05, 0.1) is 15.8 Å². The first-order valence-corrected chi connectivity index (χ1v) is 12.2. The molecule has 0 saturated heterocycles. The fraction of sp³-hybridized carbons (Fsp3) is 0.300. The normalized spacial score (nSPS) is 12.5. The van der Waals surface area contributed by atoms with E-state index in [1.54, 1.807) is 11.6 Å². The van der Waals surface area contributed by atoms with Crippen LogP contribution in [0.1, 0.15) is 32.3 Å². The van der Waals surface area contributed by atoms with Gasteiger partial charge in [0, 0.05) is 5.69 Å². The number of sulfonamides is 1. The summed E-state index contributed by atoms with van der Waals surface area (Å²) in [5, 5.41) is 19.6. The minimum absolute atomic E-state index is 0.0205. The molecule has 0 spiro atoms. The second-order valence-corrected chi connectivity index (χ2v) is 9.83. The number of hydrogen-bond donors (Lipinski definition) is 2. The molecule has 0 bridgehead atoms. The molecule has 1 atom stereocenters. The number of unbranched alkanes of at least 4 members (excludes halogenated alkanes) is 1. The summed E-state index contributed by atoms with van der Waals surface area (Å²) in [6.45, 7) is 3.90. The van der Waals surface area contributed by atoms with Crippen LogP contribution in [0.5, 0.6) is 0 Å². The van der Waals surface area contributed by atoms with Crippen molar-refractivity contribution in [2.24, 2.45) is 5.14 Å². The van der Waals surface area contributed by atoms with E-state index in [1.165, 1.54) is 41.6 Å². The van der Waals surface area contributed by atoms with Crippen molar-refractivity contribution in [3.63, 3.8) is 0 Å². The number of hydrogen-bond acceptors (Lipinski definition) is 7. The largest absolute Gasteiger partial charge is 0.325 e. The fourth-order valence-electron chi connectivity index (χ4n) is 2.78. The van der Waals surface area contributed by atoms with E-state index in [4.69, 9.17) is 5.14 Å². The number of carbonyl (C=O) groups excluding carboxylic acids is 1. The number of thioether (sulfide) groups is 1. The third kappa shape index (κ3) is 6.12. The highest BCUT2D eigenvalue weighted by Crippen LogP contribution is 2.24. The van der Waals surface area contributed by atoms with Gasteiger partial charge in [0.15, 0.2) is 0 Å². The van der Waals surface area contributed by atoms with Gasteiger partial charge in [-0.1, -0.05) is 37.2 Å². The molecule has 164 valence electrons. The number of primary sulfonamides is 1. The molecule has 2 aromatic carbocycles. The van der Waals surface area contributed by atoms with Gasteiger partial charge in [-0.3, -0.25) is 4.79 Å². The van der Waals surface area contributed by atoms with Gasteiger partial charge < -0.3 is 5.32 Å². The molecular weight excluding hydrogens is 436 g/mol. The third-order valence-electron chi connectivity index (χ3n) is 4.54. The smallest absolute Gasteiger partial charge is 0.238 e. The number of nitrogens with zero attached hydrogens (tertiary/aromatic N) is 4. The molecule has 0 radical (unpaired) electrons. The standard InChI is InChI=1S/C20H24N6O3S2/c1-3-4-5-15-6-10-17(11-7-15)26-20(23-24-25-26)30-14(2)19(27)22-16-8-12-18(13-9-16)31(21,28)29/h6-14H,3-5H2,1-2H3,(H,22,27)(H2,21,28,29). The molecule has 0 aliphatic heterocycles. The molecule has 1 amide bonds. The highest BCUT2D eigenvalue weighted by atomic mass is 32.2. The van der Waals surface area contributed by atoms with E-state index in [0.29, 0.717) is 10.8 Å². The first-order valence-electron chi connectivity index (χ1n) is 9.76. The molecule has 0 fully saturated rings. The molecule has 0 saturated carbocycles. The molecule has 0 aliphatic rings. The number of benzene rings is 2. The van der Waals surface area contributed by atoms with E-state index in [9.17, 15) is 13.2 Å². The van der Waals surface area contributed by atoms with Gasteiger partial charge in [0.1, 0.15) is 0 Å². The maximum Gasteiger partial charge on any atom is 0.238 e. The Morgan fingerprint density at radius 2 is 1.84 bits per heavy atom. The van der Waals surface area contributed by atoms with E-state index >= 15 is 0 Å². The molecule has 31 heavy (non-hydrogen) atoms. The molecule has 1 aromatic heterocycles. The Labute approximate surface area is 185 Å². The SMILES string of the molecule is CCCCc1ccc(-n2nnnc2SC(C)C(=O)Nc2ccc(S(N)(=O)=O)cc2)cc1. The number of rotatable bonds is 9. The van der Waals surface area contributed by atoms with Crippen molar-refractivity contribution in [3.05, 3.63) is 54.1 Å². The molecule has 11 heteroatoms. The van der Waals surface area contributed by atoms with Crippen LogP contribution in [-0.4, -0.2) is 39.8 Å². The van der Waals surface area contributed by atoms with Crippen LogP contribution in [0.2, 0.25) is 0 Å². The van der Waals surface area contributed by atoms with Crippen LogP contribution in [0.3, 0.4) is 0 Å². The highest BCUT2D eigenvalue weighted by molar-refractivity contribution is 8.00. The van der Waals surface area contributed by atoms with Gasteiger partial charge in [-0.05, 0) is 72.2 Å². The molecule has 9 nitrogen and oxygen atoms in total. The van der Waals surface area contributed by atoms with Gasteiger partial charge in [-0.15, -0.1) is 5.10 Å².